The van der Waals surface area contributed by atoms with Gasteiger partial charge in [0.25, 0.3) is 5.91 Å². The van der Waals surface area contributed by atoms with E-state index in [1.54, 1.807) is 30.0 Å². The molecule has 1 aromatic heterocycles. The van der Waals surface area contributed by atoms with E-state index in [4.69, 9.17) is 4.42 Å². The van der Waals surface area contributed by atoms with Crippen molar-refractivity contribution in [2.45, 2.75) is 12.8 Å². The van der Waals surface area contributed by atoms with Crippen molar-refractivity contribution in [2.75, 3.05) is 16.0 Å². The summed E-state index contributed by atoms with van der Waals surface area (Å²) >= 11 is 1.17. The van der Waals surface area contributed by atoms with E-state index < -0.39 is 17.6 Å². The number of rotatable bonds is 8. The fourth-order valence-corrected chi connectivity index (χ4v) is 5.55. The molecule has 1 aliphatic rings. The molecule has 0 saturated carbocycles. The first-order valence-electron chi connectivity index (χ1n) is 12.7. The molecule has 0 bridgehead atoms. The van der Waals surface area contributed by atoms with Gasteiger partial charge in [0.1, 0.15) is 11.6 Å². The van der Waals surface area contributed by atoms with Gasteiger partial charge in [-0.05, 0) is 55.5 Å². The number of allylic oxidation sites excluding steroid dienone is 2. The number of nitrogens with one attached hydrogen (secondary N) is 2. The van der Waals surface area contributed by atoms with Gasteiger partial charge < -0.3 is 15.1 Å². The lowest BCUT2D eigenvalue weighted by molar-refractivity contribution is -0.115. The van der Waals surface area contributed by atoms with Crippen molar-refractivity contribution in [2.24, 2.45) is 0 Å². The SMILES string of the molecule is CC1=C(C(=O)Nc2ccccc2F)C(c2ccco2)C(C#N)=C(SCC(=O)N(c2ccccc2)c2ccccc2)N1. The summed E-state index contributed by atoms with van der Waals surface area (Å²) in [6, 6.07) is 30.0. The number of anilines is 3. The number of nitrogens with zero attached hydrogens (tertiary/aromatic N) is 2. The van der Waals surface area contributed by atoms with Crippen molar-refractivity contribution >= 4 is 40.6 Å². The van der Waals surface area contributed by atoms with E-state index in [0.29, 0.717) is 27.9 Å². The average Bonchev–Trinajstić information content (AvgIpc) is 3.53. The van der Waals surface area contributed by atoms with E-state index in [0.717, 1.165) is 0 Å². The molecule has 1 atom stereocenters. The average molecular weight is 565 g/mol. The molecule has 0 spiro atoms. The minimum absolute atomic E-state index is 0.00616. The van der Waals surface area contributed by atoms with Crippen LogP contribution in [-0.2, 0) is 9.59 Å². The molecule has 1 aliphatic heterocycles. The Morgan fingerprint density at radius 3 is 2.20 bits per heavy atom. The normalized spacial score (nSPS) is 14.7. The molecular formula is C32H25FN4O3S. The van der Waals surface area contributed by atoms with E-state index in [2.05, 4.69) is 16.7 Å². The minimum atomic E-state index is -0.861. The Labute approximate surface area is 241 Å². The molecule has 0 radical (unpaired) electrons. The van der Waals surface area contributed by atoms with Gasteiger partial charge in [-0.3, -0.25) is 14.5 Å². The second-order valence-corrected chi connectivity index (χ2v) is 10.1. The molecule has 204 valence electrons. The Balaban J connectivity index is 1.45. The Bertz CT molecular complexity index is 1620. The summed E-state index contributed by atoms with van der Waals surface area (Å²) in [5.74, 6) is -1.83. The molecule has 1 unspecified atom stereocenters. The van der Waals surface area contributed by atoms with Gasteiger partial charge >= 0.3 is 0 Å². The Hall–Kier alpha value is -5.07. The van der Waals surface area contributed by atoms with Crippen molar-refractivity contribution in [3.05, 3.63) is 137 Å². The van der Waals surface area contributed by atoms with Crippen molar-refractivity contribution < 1.29 is 18.4 Å². The first kappa shape index (κ1) is 27.5. The van der Waals surface area contributed by atoms with Crippen LogP contribution in [0.4, 0.5) is 21.5 Å². The van der Waals surface area contributed by atoms with Crippen molar-refractivity contribution in [1.82, 2.24) is 5.32 Å². The lowest BCUT2D eigenvalue weighted by Gasteiger charge is -2.29. The maximum Gasteiger partial charge on any atom is 0.254 e. The van der Waals surface area contributed by atoms with E-state index in [1.165, 1.54) is 36.2 Å². The monoisotopic (exact) mass is 564 g/mol. The zero-order valence-electron chi connectivity index (χ0n) is 22.0. The number of carbonyl (C=O) groups is 2. The third-order valence-corrected chi connectivity index (χ3v) is 7.46. The Morgan fingerprint density at radius 2 is 1.61 bits per heavy atom. The fourth-order valence-electron chi connectivity index (χ4n) is 4.61. The molecule has 3 aromatic carbocycles. The number of hydrogen-bond acceptors (Lipinski definition) is 6. The summed E-state index contributed by atoms with van der Waals surface area (Å²) < 4.78 is 20.0. The van der Waals surface area contributed by atoms with Crippen LogP contribution in [0.25, 0.3) is 0 Å². The lowest BCUT2D eigenvalue weighted by atomic mass is 9.85. The van der Waals surface area contributed by atoms with Crippen LogP contribution in [0, 0.1) is 17.1 Å². The summed E-state index contributed by atoms with van der Waals surface area (Å²) in [6.07, 6.45) is 1.46. The van der Waals surface area contributed by atoms with Crippen molar-refractivity contribution in [3.8, 4) is 6.07 Å². The maximum absolute atomic E-state index is 14.3. The quantitative estimate of drug-likeness (QED) is 0.243. The molecule has 9 heteroatoms. The number of hydrogen-bond donors (Lipinski definition) is 2. The summed E-state index contributed by atoms with van der Waals surface area (Å²) in [7, 11) is 0. The lowest BCUT2D eigenvalue weighted by Crippen LogP contribution is -2.32. The number of halogens is 1. The highest BCUT2D eigenvalue weighted by Crippen LogP contribution is 2.41. The van der Waals surface area contributed by atoms with Gasteiger partial charge in [-0.15, -0.1) is 0 Å². The molecule has 4 aromatic rings. The molecule has 2 amide bonds. The highest BCUT2D eigenvalue weighted by molar-refractivity contribution is 8.03. The van der Waals surface area contributed by atoms with Crippen LogP contribution in [0.2, 0.25) is 0 Å². The molecule has 7 nitrogen and oxygen atoms in total. The molecule has 0 fully saturated rings. The number of furan rings is 1. The van der Waals surface area contributed by atoms with E-state index >= 15 is 0 Å². The van der Waals surface area contributed by atoms with Crippen molar-refractivity contribution in [3.63, 3.8) is 0 Å². The number of benzene rings is 3. The van der Waals surface area contributed by atoms with Gasteiger partial charge in [-0.1, -0.05) is 60.3 Å². The second-order valence-electron chi connectivity index (χ2n) is 9.09. The minimum Gasteiger partial charge on any atom is -0.468 e. The molecule has 0 saturated heterocycles. The van der Waals surface area contributed by atoms with Gasteiger partial charge in [0.2, 0.25) is 5.91 Å². The van der Waals surface area contributed by atoms with Gasteiger partial charge in [-0.25, -0.2) is 4.39 Å². The third-order valence-electron chi connectivity index (χ3n) is 6.46. The topological polar surface area (TPSA) is 98.4 Å². The standard InChI is InChI=1S/C32H25FN4O3S/c1-21-29(31(39)36-26-16-9-8-15-25(26)33)30(27-17-10-18-40-27)24(19-34)32(35-21)41-20-28(38)37(22-11-4-2-5-12-22)23-13-6-3-7-14-23/h2-18,30,35H,20H2,1H3,(H,36,39). The van der Waals surface area contributed by atoms with Crippen LogP contribution in [-0.4, -0.2) is 17.6 Å². The molecule has 2 N–H and O–H groups in total. The second kappa shape index (κ2) is 12.4. The fraction of sp³-hybridized carbons (Fsp3) is 0.0938. The number of carbonyl (C=O) groups excluding carboxylic acids is 2. The van der Waals surface area contributed by atoms with Crippen LogP contribution >= 0.6 is 11.8 Å². The maximum atomic E-state index is 14.3. The first-order valence-corrected chi connectivity index (χ1v) is 13.7. The van der Waals surface area contributed by atoms with Crippen LogP contribution < -0.4 is 15.5 Å². The highest BCUT2D eigenvalue weighted by atomic mass is 32.2. The van der Waals surface area contributed by atoms with Gasteiger partial charge in [0.05, 0.1) is 45.9 Å². The number of amides is 2. The Kier molecular flexibility index (Phi) is 8.32. The number of para-hydroxylation sites is 3. The number of dihydropyridines is 1. The van der Waals surface area contributed by atoms with E-state index in [-0.39, 0.29) is 28.5 Å². The molecule has 0 aliphatic carbocycles. The largest absolute Gasteiger partial charge is 0.468 e. The van der Waals surface area contributed by atoms with Crippen LogP contribution in [0.1, 0.15) is 18.6 Å². The summed E-state index contributed by atoms with van der Waals surface area (Å²) in [6.45, 7) is 1.70. The molecule has 5 rings (SSSR count). The zero-order valence-corrected chi connectivity index (χ0v) is 22.8. The van der Waals surface area contributed by atoms with Gasteiger partial charge in [0.15, 0.2) is 0 Å². The predicted molar refractivity (Wildman–Crippen MR) is 157 cm³/mol. The summed E-state index contributed by atoms with van der Waals surface area (Å²) in [4.78, 5) is 28.7. The van der Waals surface area contributed by atoms with E-state index in [1.807, 2.05) is 60.7 Å². The zero-order chi connectivity index (χ0) is 28.8. The summed E-state index contributed by atoms with van der Waals surface area (Å²) in [5, 5.41) is 16.5. The highest BCUT2D eigenvalue weighted by Gasteiger charge is 2.37. The van der Waals surface area contributed by atoms with Crippen LogP contribution in [0.5, 0.6) is 0 Å². The third kappa shape index (κ3) is 5.93. The van der Waals surface area contributed by atoms with Crippen molar-refractivity contribution in [1.29, 1.82) is 5.26 Å². The van der Waals surface area contributed by atoms with Gasteiger partial charge in [-0.2, -0.15) is 5.26 Å². The molecule has 2 heterocycles. The molecular weight excluding hydrogens is 539 g/mol. The van der Waals surface area contributed by atoms with E-state index in [9.17, 15) is 19.2 Å². The predicted octanol–water partition coefficient (Wildman–Crippen LogP) is 6.85. The summed E-state index contributed by atoms with van der Waals surface area (Å²) in [5.41, 5.74) is 2.33. The van der Waals surface area contributed by atoms with Crippen LogP contribution in [0.15, 0.2) is 130 Å². The molecule has 41 heavy (non-hydrogen) atoms. The van der Waals surface area contributed by atoms with Gasteiger partial charge in [0, 0.05) is 17.1 Å². The van der Waals surface area contributed by atoms with Crippen LogP contribution in [0.3, 0.4) is 0 Å². The first-order chi connectivity index (χ1) is 20.0. The number of nitriles is 1. The number of thioether (sulfide) groups is 1. The Morgan fingerprint density at radius 1 is 0.976 bits per heavy atom. The smallest absolute Gasteiger partial charge is 0.254 e.